The van der Waals surface area contributed by atoms with Gasteiger partial charge in [-0.15, -0.1) is 0 Å². The predicted molar refractivity (Wildman–Crippen MR) is 69.5 cm³/mol. The molecule has 17 heavy (non-hydrogen) atoms. The molecule has 0 heterocycles. The van der Waals surface area contributed by atoms with Crippen molar-refractivity contribution in [1.29, 1.82) is 0 Å². The van der Waals surface area contributed by atoms with Gasteiger partial charge in [-0.25, -0.2) is 4.39 Å². The summed E-state index contributed by atoms with van der Waals surface area (Å²) in [6, 6.07) is 7.65. The van der Waals surface area contributed by atoms with Crippen LogP contribution >= 0.6 is 0 Å². The van der Waals surface area contributed by atoms with Crippen molar-refractivity contribution < 1.29 is 4.39 Å². The zero-order valence-corrected chi connectivity index (χ0v) is 10.6. The molecule has 1 N–H and O–H groups in total. The maximum atomic E-state index is 13.2. The van der Waals surface area contributed by atoms with Gasteiger partial charge in [-0.1, -0.05) is 31.4 Å². The average molecular weight is 235 g/mol. The van der Waals surface area contributed by atoms with E-state index in [-0.39, 0.29) is 5.82 Å². The van der Waals surface area contributed by atoms with E-state index in [0.717, 1.165) is 12.0 Å². The van der Waals surface area contributed by atoms with Crippen LogP contribution in [0.25, 0.3) is 0 Å². The number of nitrogens with one attached hydrogen (secondary N) is 1. The lowest BCUT2D eigenvalue weighted by Gasteiger charge is -2.24. The Labute approximate surface area is 103 Å². The highest BCUT2D eigenvalue weighted by molar-refractivity contribution is 5.17. The lowest BCUT2D eigenvalue weighted by molar-refractivity contribution is 0.350. The summed E-state index contributed by atoms with van der Waals surface area (Å²) in [6.07, 6.45) is 7.52. The van der Waals surface area contributed by atoms with Crippen molar-refractivity contribution in [1.82, 2.24) is 5.32 Å². The summed E-state index contributed by atoms with van der Waals surface area (Å²) < 4.78 is 13.2. The first-order chi connectivity index (χ1) is 8.29. The molecule has 0 bridgehead atoms. The minimum absolute atomic E-state index is 0.114. The van der Waals surface area contributed by atoms with Crippen molar-refractivity contribution in [3.05, 3.63) is 35.6 Å². The van der Waals surface area contributed by atoms with Gasteiger partial charge in [0.05, 0.1) is 0 Å². The minimum atomic E-state index is -0.114. The molecule has 1 nitrogen and oxygen atoms in total. The minimum Gasteiger partial charge on any atom is -0.317 e. The normalized spacial score (nSPS) is 25.5. The molecule has 1 saturated carbocycles. The second-order valence-electron chi connectivity index (χ2n) is 5.13. The van der Waals surface area contributed by atoms with Crippen LogP contribution < -0.4 is 5.32 Å². The molecule has 1 aliphatic rings. The molecule has 2 heteroatoms. The first-order valence-corrected chi connectivity index (χ1v) is 6.71. The Balaban J connectivity index is 2.04. The topological polar surface area (TPSA) is 12.0 Å². The first kappa shape index (κ1) is 12.6. The van der Waals surface area contributed by atoms with E-state index in [9.17, 15) is 4.39 Å². The molecular formula is C15H22FN. The molecular weight excluding hydrogens is 213 g/mol. The van der Waals surface area contributed by atoms with Crippen LogP contribution in [0.4, 0.5) is 4.39 Å². The van der Waals surface area contributed by atoms with Crippen LogP contribution in [0.5, 0.6) is 0 Å². The number of halogens is 1. The van der Waals surface area contributed by atoms with Crippen LogP contribution in [0.1, 0.15) is 37.7 Å². The summed E-state index contributed by atoms with van der Waals surface area (Å²) in [4.78, 5) is 0. The fourth-order valence-corrected chi connectivity index (χ4v) is 2.98. The zero-order valence-electron chi connectivity index (χ0n) is 10.6. The lowest BCUT2D eigenvalue weighted by Crippen LogP contribution is -2.33. The van der Waals surface area contributed by atoms with Gasteiger partial charge in [0.1, 0.15) is 5.82 Å². The molecule has 1 aromatic rings. The van der Waals surface area contributed by atoms with E-state index in [1.54, 1.807) is 6.07 Å². The Morgan fingerprint density at radius 3 is 2.82 bits per heavy atom. The standard InChI is InChI=1S/C15H22FN/c1-17-15-9-4-2-3-7-13(15)10-12-6-5-8-14(16)11-12/h5-6,8,11,13,15,17H,2-4,7,9-10H2,1H3. The zero-order chi connectivity index (χ0) is 12.1. The van der Waals surface area contributed by atoms with Gasteiger partial charge in [-0.05, 0) is 49.9 Å². The Kier molecular flexibility index (Phi) is 4.55. The van der Waals surface area contributed by atoms with E-state index in [1.165, 1.54) is 38.2 Å². The fourth-order valence-electron chi connectivity index (χ4n) is 2.98. The molecule has 0 aliphatic heterocycles. The van der Waals surface area contributed by atoms with Crippen molar-refractivity contribution in [3.63, 3.8) is 0 Å². The van der Waals surface area contributed by atoms with Gasteiger partial charge in [0, 0.05) is 6.04 Å². The molecule has 1 aromatic carbocycles. The highest BCUT2D eigenvalue weighted by Crippen LogP contribution is 2.26. The number of hydrogen-bond donors (Lipinski definition) is 1. The number of rotatable bonds is 3. The molecule has 2 rings (SSSR count). The second kappa shape index (κ2) is 6.15. The monoisotopic (exact) mass is 235 g/mol. The lowest BCUT2D eigenvalue weighted by atomic mass is 9.88. The van der Waals surface area contributed by atoms with E-state index in [2.05, 4.69) is 12.4 Å². The van der Waals surface area contributed by atoms with Crippen molar-refractivity contribution in [2.24, 2.45) is 5.92 Å². The van der Waals surface area contributed by atoms with E-state index < -0.39 is 0 Å². The van der Waals surface area contributed by atoms with Crippen molar-refractivity contribution in [2.75, 3.05) is 7.05 Å². The van der Waals surface area contributed by atoms with Crippen LogP contribution in [0.15, 0.2) is 24.3 Å². The van der Waals surface area contributed by atoms with Gasteiger partial charge in [0.25, 0.3) is 0 Å². The van der Waals surface area contributed by atoms with Crippen molar-refractivity contribution in [2.45, 2.75) is 44.6 Å². The molecule has 0 radical (unpaired) electrons. The van der Waals surface area contributed by atoms with Gasteiger partial charge in [0.2, 0.25) is 0 Å². The molecule has 94 valence electrons. The highest BCUT2D eigenvalue weighted by Gasteiger charge is 2.22. The van der Waals surface area contributed by atoms with Gasteiger partial charge >= 0.3 is 0 Å². The Hall–Kier alpha value is -0.890. The van der Waals surface area contributed by atoms with E-state index in [1.807, 2.05) is 12.1 Å². The number of benzene rings is 1. The summed E-state index contributed by atoms with van der Waals surface area (Å²) >= 11 is 0. The Morgan fingerprint density at radius 1 is 1.24 bits per heavy atom. The SMILES string of the molecule is CNC1CCCCCC1Cc1cccc(F)c1. The summed E-state index contributed by atoms with van der Waals surface area (Å²) in [7, 11) is 2.05. The van der Waals surface area contributed by atoms with Gasteiger partial charge in [0.15, 0.2) is 0 Å². The summed E-state index contributed by atoms with van der Waals surface area (Å²) in [5.41, 5.74) is 1.14. The summed E-state index contributed by atoms with van der Waals surface area (Å²) in [5.74, 6) is 0.543. The predicted octanol–water partition coefficient (Wildman–Crippen LogP) is 3.54. The van der Waals surface area contributed by atoms with Gasteiger partial charge in [-0.2, -0.15) is 0 Å². The first-order valence-electron chi connectivity index (χ1n) is 6.71. The van der Waals surface area contributed by atoms with Crippen LogP contribution in [0.2, 0.25) is 0 Å². The molecule has 2 unspecified atom stereocenters. The second-order valence-corrected chi connectivity index (χ2v) is 5.13. The molecule has 1 aliphatic carbocycles. The Morgan fingerprint density at radius 2 is 2.06 bits per heavy atom. The Bertz CT molecular complexity index is 351. The quantitative estimate of drug-likeness (QED) is 0.790. The maximum absolute atomic E-state index is 13.2. The highest BCUT2D eigenvalue weighted by atomic mass is 19.1. The van der Waals surface area contributed by atoms with E-state index >= 15 is 0 Å². The largest absolute Gasteiger partial charge is 0.317 e. The van der Waals surface area contributed by atoms with Crippen LogP contribution in [-0.4, -0.2) is 13.1 Å². The molecule has 0 saturated heterocycles. The van der Waals surface area contributed by atoms with Crippen LogP contribution in [0.3, 0.4) is 0 Å². The maximum Gasteiger partial charge on any atom is 0.123 e. The average Bonchev–Trinajstić information content (AvgIpc) is 2.54. The van der Waals surface area contributed by atoms with Gasteiger partial charge < -0.3 is 5.32 Å². The summed E-state index contributed by atoms with van der Waals surface area (Å²) in [6.45, 7) is 0. The van der Waals surface area contributed by atoms with Crippen molar-refractivity contribution in [3.8, 4) is 0 Å². The molecule has 2 atom stereocenters. The number of hydrogen-bond acceptors (Lipinski definition) is 1. The van der Waals surface area contributed by atoms with Gasteiger partial charge in [-0.3, -0.25) is 0 Å². The summed E-state index contributed by atoms with van der Waals surface area (Å²) in [5, 5.41) is 3.44. The fraction of sp³-hybridized carbons (Fsp3) is 0.600. The van der Waals surface area contributed by atoms with E-state index in [0.29, 0.717) is 12.0 Å². The third kappa shape index (κ3) is 3.53. The van der Waals surface area contributed by atoms with Crippen LogP contribution in [0, 0.1) is 11.7 Å². The third-order valence-electron chi connectivity index (χ3n) is 3.92. The third-order valence-corrected chi connectivity index (χ3v) is 3.92. The van der Waals surface area contributed by atoms with Crippen LogP contribution in [-0.2, 0) is 6.42 Å². The van der Waals surface area contributed by atoms with Crippen molar-refractivity contribution >= 4 is 0 Å². The molecule has 0 aromatic heterocycles. The smallest absolute Gasteiger partial charge is 0.123 e. The van der Waals surface area contributed by atoms with E-state index in [4.69, 9.17) is 0 Å². The molecule has 0 spiro atoms. The molecule has 1 fully saturated rings. The molecule has 0 amide bonds.